The monoisotopic (exact) mass is 282 g/mol. The summed E-state index contributed by atoms with van der Waals surface area (Å²) in [7, 11) is 0. The van der Waals surface area contributed by atoms with Crippen LogP contribution in [0.4, 0.5) is 15.8 Å². The normalized spacial score (nSPS) is 10.5. The number of carboxylic acids is 1. The van der Waals surface area contributed by atoms with Crippen molar-refractivity contribution in [2.75, 3.05) is 17.6 Å². The van der Waals surface area contributed by atoms with Gasteiger partial charge in [-0.1, -0.05) is 39.0 Å². The highest BCUT2D eigenvalue weighted by atomic mass is 19.1. The van der Waals surface area contributed by atoms with Gasteiger partial charge in [0.15, 0.2) is 0 Å². The van der Waals surface area contributed by atoms with Crippen LogP contribution in [0.1, 0.15) is 55.8 Å². The molecule has 0 saturated heterocycles. The molecule has 5 heteroatoms. The molecule has 1 rings (SSSR count). The number of hydrogen-bond donors (Lipinski definition) is 3. The van der Waals surface area contributed by atoms with Gasteiger partial charge in [-0.15, -0.1) is 0 Å². The first-order valence-electron chi connectivity index (χ1n) is 7.12. The van der Waals surface area contributed by atoms with Gasteiger partial charge in [-0.05, 0) is 18.6 Å². The van der Waals surface area contributed by atoms with Gasteiger partial charge in [0.25, 0.3) is 0 Å². The zero-order valence-corrected chi connectivity index (χ0v) is 11.9. The first-order valence-corrected chi connectivity index (χ1v) is 7.12. The molecule has 112 valence electrons. The van der Waals surface area contributed by atoms with Crippen LogP contribution in [0.5, 0.6) is 0 Å². The van der Waals surface area contributed by atoms with Gasteiger partial charge in [0, 0.05) is 6.54 Å². The molecule has 0 fully saturated rings. The Morgan fingerprint density at radius 1 is 1.25 bits per heavy atom. The Hall–Kier alpha value is -1.78. The van der Waals surface area contributed by atoms with Gasteiger partial charge < -0.3 is 16.2 Å². The largest absolute Gasteiger partial charge is 0.478 e. The molecule has 4 N–H and O–H groups in total. The highest BCUT2D eigenvalue weighted by Crippen LogP contribution is 2.23. The topological polar surface area (TPSA) is 75.3 Å². The molecule has 1 aromatic carbocycles. The maximum Gasteiger partial charge on any atom is 0.338 e. The average molecular weight is 282 g/mol. The molecule has 0 aliphatic heterocycles. The lowest BCUT2D eigenvalue weighted by Gasteiger charge is -2.10. The van der Waals surface area contributed by atoms with Crippen molar-refractivity contribution < 1.29 is 14.3 Å². The number of halogens is 1. The highest BCUT2D eigenvalue weighted by Gasteiger charge is 2.13. The van der Waals surface area contributed by atoms with Crippen LogP contribution in [0, 0.1) is 5.82 Å². The summed E-state index contributed by atoms with van der Waals surface area (Å²) in [5, 5.41) is 11.8. The van der Waals surface area contributed by atoms with E-state index in [1.165, 1.54) is 25.7 Å². The Morgan fingerprint density at radius 3 is 2.55 bits per heavy atom. The Bertz CT molecular complexity index is 450. The first kappa shape index (κ1) is 16.3. The Balaban J connectivity index is 2.41. The quantitative estimate of drug-likeness (QED) is 0.474. The molecule has 0 atom stereocenters. The Kier molecular flexibility index (Phi) is 6.84. The molecular formula is C15H23FN2O2. The number of rotatable bonds is 9. The van der Waals surface area contributed by atoms with Crippen molar-refractivity contribution in [2.45, 2.75) is 45.4 Å². The van der Waals surface area contributed by atoms with Crippen LogP contribution in [-0.4, -0.2) is 17.6 Å². The third-order valence-electron chi connectivity index (χ3n) is 3.22. The molecular weight excluding hydrogens is 259 g/mol. The van der Waals surface area contributed by atoms with Crippen molar-refractivity contribution in [2.24, 2.45) is 0 Å². The second-order valence-electron chi connectivity index (χ2n) is 4.92. The molecule has 0 aromatic heterocycles. The molecule has 4 nitrogen and oxygen atoms in total. The fourth-order valence-corrected chi connectivity index (χ4v) is 2.04. The van der Waals surface area contributed by atoms with Crippen molar-refractivity contribution in [1.82, 2.24) is 0 Å². The molecule has 0 radical (unpaired) electrons. The van der Waals surface area contributed by atoms with Gasteiger partial charge >= 0.3 is 5.97 Å². The summed E-state index contributed by atoms with van der Waals surface area (Å²) in [6.45, 7) is 2.89. The molecule has 0 aliphatic carbocycles. The van der Waals surface area contributed by atoms with E-state index in [1.54, 1.807) is 0 Å². The molecule has 0 saturated carbocycles. The molecule has 0 unspecified atom stereocenters. The third kappa shape index (κ3) is 5.07. The second kappa shape index (κ2) is 8.40. The minimum atomic E-state index is -1.31. The zero-order valence-electron chi connectivity index (χ0n) is 11.9. The van der Waals surface area contributed by atoms with Crippen LogP contribution in [0.3, 0.4) is 0 Å². The van der Waals surface area contributed by atoms with Gasteiger partial charge in [0.1, 0.15) is 5.82 Å². The smallest absolute Gasteiger partial charge is 0.338 e. The van der Waals surface area contributed by atoms with Gasteiger partial charge in [-0.2, -0.15) is 0 Å². The van der Waals surface area contributed by atoms with Crippen molar-refractivity contribution in [1.29, 1.82) is 0 Å². The number of nitrogens with one attached hydrogen (secondary N) is 1. The second-order valence-corrected chi connectivity index (χ2v) is 4.92. The molecule has 0 amide bonds. The third-order valence-corrected chi connectivity index (χ3v) is 3.22. The Morgan fingerprint density at radius 2 is 1.90 bits per heavy atom. The molecule has 20 heavy (non-hydrogen) atoms. The van der Waals surface area contributed by atoms with Crippen molar-refractivity contribution in [3.8, 4) is 0 Å². The maximum atomic E-state index is 13.5. The highest BCUT2D eigenvalue weighted by molar-refractivity contribution is 5.90. The minimum absolute atomic E-state index is 0.259. The van der Waals surface area contributed by atoms with Crippen LogP contribution in [-0.2, 0) is 0 Å². The van der Waals surface area contributed by atoms with E-state index in [0.717, 1.165) is 25.0 Å². The lowest BCUT2D eigenvalue weighted by Crippen LogP contribution is -2.08. The summed E-state index contributed by atoms with van der Waals surface area (Å²) >= 11 is 0. The number of nitrogen functional groups attached to an aromatic ring is 1. The van der Waals surface area contributed by atoms with Crippen LogP contribution in [0.2, 0.25) is 0 Å². The van der Waals surface area contributed by atoms with Crippen LogP contribution < -0.4 is 11.1 Å². The number of hydrogen-bond acceptors (Lipinski definition) is 3. The van der Waals surface area contributed by atoms with E-state index < -0.39 is 17.3 Å². The fourth-order valence-electron chi connectivity index (χ4n) is 2.04. The van der Waals surface area contributed by atoms with E-state index in [1.807, 2.05) is 0 Å². The van der Waals surface area contributed by atoms with Gasteiger partial charge in [-0.25, -0.2) is 9.18 Å². The standard InChI is InChI=1S/C15H23FN2O2/c1-2-3-4-5-6-7-8-18-14-10-12(16)11(15(19)20)9-13(14)17/h9-10,18H,2-8,17H2,1H3,(H,19,20). The molecule has 0 bridgehead atoms. The molecule has 0 aliphatic rings. The predicted octanol–water partition coefficient (Wildman–Crippen LogP) is 3.88. The van der Waals surface area contributed by atoms with E-state index in [9.17, 15) is 9.18 Å². The van der Waals surface area contributed by atoms with Crippen LogP contribution in [0.15, 0.2) is 12.1 Å². The molecule has 0 spiro atoms. The average Bonchev–Trinajstić information content (AvgIpc) is 2.40. The number of carboxylic acid groups (broad SMARTS) is 1. The van der Waals surface area contributed by atoms with Crippen molar-refractivity contribution in [3.63, 3.8) is 0 Å². The number of anilines is 2. The van der Waals surface area contributed by atoms with E-state index in [-0.39, 0.29) is 5.69 Å². The van der Waals surface area contributed by atoms with Crippen molar-refractivity contribution in [3.05, 3.63) is 23.5 Å². The molecule has 0 heterocycles. The number of benzene rings is 1. The lowest BCUT2D eigenvalue weighted by molar-refractivity contribution is 0.0692. The van der Waals surface area contributed by atoms with Crippen molar-refractivity contribution >= 4 is 17.3 Å². The SMILES string of the molecule is CCCCCCCCNc1cc(F)c(C(=O)O)cc1N. The fraction of sp³-hybridized carbons (Fsp3) is 0.533. The number of nitrogens with two attached hydrogens (primary N) is 1. The predicted molar refractivity (Wildman–Crippen MR) is 79.6 cm³/mol. The summed E-state index contributed by atoms with van der Waals surface area (Å²) in [6, 6.07) is 2.30. The van der Waals surface area contributed by atoms with E-state index >= 15 is 0 Å². The zero-order chi connectivity index (χ0) is 15.0. The van der Waals surface area contributed by atoms with Crippen LogP contribution >= 0.6 is 0 Å². The first-order chi connectivity index (χ1) is 9.56. The summed E-state index contributed by atoms with van der Waals surface area (Å²) in [5.41, 5.74) is 6.04. The summed E-state index contributed by atoms with van der Waals surface area (Å²) < 4.78 is 13.5. The van der Waals surface area contributed by atoms with E-state index in [4.69, 9.17) is 10.8 Å². The van der Waals surface area contributed by atoms with Gasteiger partial charge in [-0.3, -0.25) is 0 Å². The number of aromatic carboxylic acids is 1. The van der Waals surface area contributed by atoms with Gasteiger partial charge in [0.2, 0.25) is 0 Å². The summed E-state index contributed by atoms with van der Waals surface area (Å²) in [6.07, 6.45) is 7.07. The maximum absolute atomic E-state index is 13.5. The number of carbonyl (C=O) groups is 1. The minimum Gasteiger partial charge on any atom is -0.478 e. The Labute approximate surface area is 119 Å². The summed E-state index contributed by atoms with van der Waals surface area (Å²) in [5.74, 6) is -2.08. The van der Waals surface area contributed by atoms with Gasteiger partial charge in [0.05, 0.1) is 16.9 Å². The lowest BCUT2D eigenvalue weighted by atomic mass is 10.1. The molecule has 1 aromatic rings. The van der Waals surface area contributed by atoms with E-state index in [2.05, 4.69) is 12.2 Å². The summed E-state index contributed by atoms with van der Waals surface area (Å²) in [4.78, 5) is 10.8. The van der Waals surface area contributed by atoms with Crippen LogP contribution in [0.25, 0.3) is 0 Å². The van der Waals surface area contributed by atoms with E-state index in [0.29, 0.717) is 12.2 Å². The number of unbranched alkanes of at least 4 members (excludes halogenated alkanes) is 5.